The second-order valence-corrected chi connectivity index (χ2v) is 4.71. The molecule has 0 bridgehead atoms. The van der Waals surface area contributed by atoms with Crippen LogP contribution in [0.2, 0.25) is 0 Å². The van der Waals surface area contributed by atoms with Crippen molar-refractivity contribution in [1.82, 2.24) is 0 Å². The van der Waals surface area contributed by atoms with Crippen molar-refractivity contribution < 1.29 is 21.6 Å². The van der Waals surface area contributed by atoms with Crippen LogP contribution in [-0.4, -0.2) is 26.2 Å². The van der Waals surface area contributed by atoms with Gasteiger partial charge in [-0.25, -0.2) is 8.42 Å². The van der Waals surface area contributed by atoms with Gasteiger partial charge in [-0.2, -0.15) is 13.2 Å². The summed E-state index contributed by atoms with van der Waals surface area (Å²) in [6, 6.07) is 0. The second kappa shape index (κ2) is 4.80. The third kappa shape index (κ3) is 4.47. The number of hydrogen-bond acceptors (Lipinski definition) is 3. The first-order chi connectivity index (χ1) is 5.81. The Kier molecular flexibility index (Phi) is 4.69. The summed E-state index contributed by atoms with van der Waals surface area (Å²) in [7, 11) is -4.92. The topological polar surface area (TPSA) is 60.2 Å². The molecule has 0 saturated heterocycles. The molecule has 0 fully saturated rings. The van der Waals surface area contributed by atoms with E-state index in [1.165, 1.54) is 0 Å². The number of rotatable bonds is 5. The van der Waals surface area contributed by atoms with E-state index in [2.05, 4.69) is 0 Å². The Morgan fingerprint density at radius 1 is 1.08 bits per heavy atom. The van der Waals surface area contributed by atoms with Crippen LogP contribution in [0.25, 0.3) is 0 Å². The summed E-state index contributed by atoms with van der Waals surface area (Å²) in [4.78, 5) is 0. The fourth-order valence-electron chi connectivity index (χ4n) is 0.729. The van der Waals surface area contributed by atoms with E-state index in [9.17, 15) is 21.6 Å². The molecule has 0 spiro atoms. The van der Waals surface area contributed by atoms with Gasteiger partial charge in [0.25, 0.3) is 0 Å². The minimum Gasteiger partial charge on any atom is -0.330 e. The Morgan fingerprint density at radius 2 is 1.62 bits per heavy atom. The summed E-state index contributed by atoms with van der Waals surface area (Å²) >= 11 is 0. The van der Waals surface area contributed by atoms with Gasteiger partial charge in [0.2, 0.25) is 9.84 Å². The van der Waals surface area contributed by atoms with Gasteiger partial charge < -0.3 is 5.73 Å². The van der Waals surface area contributed by atoms with Crippen LogP contribution in [-0.2, 0) is 9.84 Å². The van der Waals surface area contributed by atoms with Gasteiger partial charge >= 0.3 is 5.51 Å². The molecule has 0 rings (SSSR count). The molecule has 0 heterocycles. The highest BCUT2D eigenvalue weighted by molar-refractivity contribution is 7.92. The first kappa shape index (κ1) is 12.7. The van der Waals surface area contributed by atoms with Crippen molar-refractivity contribution in [3.63, 3.8) is 0 Å². The van der Waals surface area contributed by atoms with Gasteiger partial charge in [-0.3, -0.25) is 0 Å². The maximum atomic E-state index is 11.7. The van der Waals surface area contributed by atoms with Crippen LogP contribution in [0.1, 0.15) is 19.3 Å². The maximum Gasteiger partial charge on any atom is 0.497 e. The van der Waals surface area contributed by atoms with Crippen molar-refractivity contribution in [3.05, 3.63) is 0 Å². The summed E-state index contributed by atoms with van der Waals surface area (Å²) in [5.74, 6) is -0.837. The van der Waals surface area contributed by atoms with Crippen molar-refractivity contribution in [2.45, 2.75) is 24.8 Å². The lowest BCUT2D eigenvalue weighted by Crippen LogP contribution is -2.26. The highest BCUT2D eigenvalue weighted by Crippen LogP contribution is 2.24. The number of halogens is 3. The maximum absolute atomic E-state index is 11.7. The monoisotopic (exact) mass is 219 g/mol. The molecule has 0 atom stereocenters. The molecule has 0 aromatic heterocycles. The largest absolute Gasteiger partial charge is 0.497 e. The van der Waals surface area contributed by atoms with E-state index in [-0.39, 0.29) is 6.42 Å². The Bertz CT molecular complexity index is 235. The fourth-order valence-corrected chi connectivity index (χ4v) is 1.54. The zero-order valence-corrected chi connectivity index (χ0v) is 7.79. The molecule has 0 amide bonds. The van der Waals surface area contributed by atoms with Gasteiger partial charge in [0.15, 0.2) is 0 Å². The van der Waals surface area contributed by atoms with Crippen molar-refractivity contribution >= 4 is 9.84 Å². The molecule has 7 heteroatoms. The molecule has 2 N–H and O–H groups in total. The number of hydrogen-bond donors (Lipinski definition) is 1. The Labute approximate surface area is 75.0 Å². The van der Waals surface area contributed by atoms with Gasteiger partial charge in [0.05, 0.1) is 5.75 Å². The van der Waals surface area contributed by atoms with E-state index in [0.29, 0.717) is 19.4 Å². The molecular weight excluding hydrogens is 207 g/mol. The van der Waals surface area contributed by atoms with Crippen LogP contribution < -0.4 is 5.73 Å². The zero-order valence-electron chi connectivity index (χ0n) is 6.97. The summed E-state index contributed by atoms with van der Waals surface area (Å²) in [5.41, 5.74) is -0.0229. The zero-order chi connectivity index (χ0) is 10.5. The number of unbranched alkanes of at least 4 members (excludes halogenated alkanes) is 2. The van der Waals surface area contributed by atoms with Crippen LogP contribution in [0.4, 0.5) is 13.2 Å². The number of alkyl halides is 3. The Hall–Kier alpha value is -0.300. The lowest BCUT2D eigenvalue weighted by molar-refractivity contribution is -0.0435. The Morgan fingerprint density at radius 3 is 2.00 bits per heavy atom. The Balaban J connectivity index is 3.92. The molecule has 3 nitrogen and oxygen atoms in total. The van der Waals surface area contributed by atoms with E-state index >= 15 is 0 Å². The second-order valence-electron chi connectivity index (χ2n) is 2.61. The molecule has 0 aliphatic heterocycles. The normalized spacial score (nSPS) is 13.2. The minimum absolute atomic E-state index is 0.0129. The summed E-state index contributed by atoms with van der Waals surface area (Å²) < 4.78 is 56.1. The van der Waals surface area contributed by atoms with Gasteiger partial charge in [0.1, 0.15) is 0 Å². The van der Waals surface area contributed by atoms with Crippen molar-refractivity contribution in [2.75, 3.05) is 12.3 Å². The van der Waals surface area contributed by atoms with Crippen LogP contribution in [0.15, 0.2) is 0 Å². The van der Waals surface area contributed by atoms with Gasteiger partial charge in [-0.15, -0.1) is 0 Å². The van der Waals surface area contributed by atoms with Gasteiger partial charge in [-0.1, -0.05) is 6.42 Å². The van der Waals surface area contributed by atoms with Crippen molar-refractivity contribution in [3.8, 4) is 0 Å². The average molecular weight is 219 g/mol. The predicted octanol–water partition coefficient (Wildman–Crippen LogP) is 1.05. The van der Waals surface area contributed by atoms with E-state index in [1.807, 2.05) is 0 Å². The van der Waals surface area contributed by atoms with Crippen LogP contribution in [0.5, 0.6) is 0 Å². The van der Waals surface area contributed by atoms with Crippen molar-refractivity contribution in [2.24, 2.45) is 5.73 Å². The highest BCUT2D eigenvalue weighted by Gasteiger charge is 2.44. The highest BCUT2D eigenvalue weighted by atomic mass is 32.2. The van der Waals surface area contributed by atoms with Crippen molar-refractivity contribution in [1.29, 1.82) is 0 Å². The van der Waals surface area contributed by atoms with E-state index < -0.39 is 21.1 Å². The predicted molar refractivity (Wildman–Crippen MR) is 42.7 cm³/mol. The first-order valence-corrected chi connectivity index (χ1v) is 5.45. The molecule has 0 radical (unpaired) electrons. The molecule has 0 aliphatic carbocycles. The van der Waals surface area contributed by atoms with Gasteiger partial charge in [-0.05, 0) is 19.4 Å². The quantitative estimate of drug-likeness (QED) is 0.703. The van der Waals surface area contributed by atoms with E-state index in [1.54, 1.807) is 0 Å². The summed E-state index contributed by atoms with van der Waals surface area (Å²) in [6.07, 6.45) is 0.970. The molecule has 80 valence electrons. The standard InChI is InChI=1S/C6H12F3NO2S/c7-6(8,9)13(11,12)5-3-1-2-4-10/h1-5,10H2. The van der Waals surface area contributed by atoms with Crippen LogP contribution in [0.3, 0.4) is 0 Å². The molecular formula is C6H12F3NO2S. The molecule has 13 heavy (non-hydrogen) atoms. The first-order valence-electron chi connectivity index (χ1n) is 3.80. The van der Waals surface area contributed by atoms with E-state index in [4.69, 9.17) is 5.73 Å². The van der Waals surface area contributed by atoms with Crippen LogP contribution in [0, 0.1) is 0 Å². The van der Waals surface area contributed by atoms with Gasteiger partial charge in [0, 0.05) is 0 Å². The lowest BCUT2D eigenvalue weighted by atomic mass is 10.2. The third-order valence-corrected chi connectivity index (χ3v) is 3.00. The van der Waals surface area contributed by atoms with E-state index in [0.717, 1.165) is 0 Å². The smallest absolute Gasteiger partial charge is 0.330 e. The molecule has 0 aromatic carbocycles. The minimum atomic E-state index is -5.12. The fraction of sp³-hybridized carbons (Fsp3) is 1.00. The molecule has 0 unspecified atom stereocenters. The SMILES string of the molecule is NCCCCCS(=O)(=O)C(F)(F)F. The number of sulfone groups is 1. The third-order valence-electron chi connectivity index (χ3n) is 1.47. The van der Waals surface area contributed by atoms with Crippen LogP contribution >= 0.6 is 0 Å². The summed E-state index contributed by atoms with van der Waals surface area (Å²) in [6.45, 7) is 0.367. The molecule has 0 aromatic rings. The molecule has 0 aliphatic rings. The summed E-state index contributed by atoms with van der Waals surface area (Å²) in [5, 5.41) is 0. The molecule has 0 saturated carbocycles. The lowest BCUT2D eigenvalue weighted by Gasteiger charge is -2.06. The average Bonchev–Trinajstić information content (AvgIpc) is 1.96. The number of nitrogens with two attached hydrogens (primary N) is 1.